The van der Waals surface area contributed by atoms with Gasteiger partial charge in [-0.2, -0.15) is 26.2 Å². The van der Waals surface area contributed by atoms with Crippen LogP contribution >= 0.6 is 0 Å². The van der Waals surface area contributed by atoms with Crippen molar-refractivity contribution in [1.82, 2.24) is 0 Å². The summed E-state index contributed by atoms with van der Waals surface area (Å²) in [5.41, 5.74) is -0.710. The van der Waals surface area contributed by atoms with Gasteiger partial charge in [0, 0.05) is 18.1 Å². The van der Waals surface area contributed by atoms with E-state index in [0.29, 0.717) is 7.11 Å². The predicted molar refractivity (Wildman–Crippen MR) is 117 cm³/mol. The Balaban J connectivity index is 0.000000292. The second-order valence-electron chi connectivity index (χ2n) is 7.17. The number of halogens is 3. The molecule has 0 amide bonds. The first kappa shape index (κ1) is 24.5. The molecule has 0 atom stereocenters. The molecule has 33 heavy (non-hydrogen) atoms. The summed E-state index contributed by atoms with van der Waals surface area (Å²) in [6.45, 7) is 8.31. The molecule has 0 radical (unpaired) electrons. The summed E-state index contributed by atoms with van der Waals surface area (Å²) >= 11 is 0. The minimum Gasteiger partial charge on any atom is -0.501 e. The lowest BCUT2D eigenvalue weighted by Crippen LogP contribution is -2.50. The number of para-hydroxylation sites is 1. The number of hydrogen-bond acceptors (Lipinski definition) is 5. The third kappa shape index (κ3) is 4.40. The van der Waals surface area contributed by atoms with Crippen molar-refractivity contribution in [1.29, 1.82) is 0 Å². The topological polar surface area (TPSA) is 65.7 Å². The number of fused-ring (bicyclic) bond motifs is 4. The number of allylic oxidation sites excluding steroid dienone is 1. The van der Waals surface area contributed by atoms with Crippen LogP contribution in [0.5, 0.6) is 5.75 Å². The average Bonchev–Trinajstić information content (AvgIpc) is 2.80. The number of nitrogens with zero attached hydrogens (tertiary/aromatic N) is 1. The van der Waals surface area contributed by atoms with Crippen molar-refractivity contribution in [2.75, 3.05) is 14.2 Å². The Morgan fingerprint density at radius 3 is 2.39 bits per heavy atom. The van der Waals surface area contributed by atoms with Crippen molar-refractivity contribution >= 4 is 28.5 Å². The molecule has 1 aromatic carbocycles. The molecule has 0 saturated carbocycles. The lowest BCUT2D eigenvalue weighted by molar-refractivity contribution is -0.663. The number of pyridine rings is 1. The smallest absolute Gasteiger partial charge is 0.501 e. The van der Waals surface area contributed by atoms with Crippen molar-refractivity contribution in [3.63, 3.8) is 0 Å². The largest absolute Gasteiger partial charge is 0.523 e. The van der Waals surface area contributed by atoms with Gasteiger partial charge in [0.05, 0.1) is 25.0 Å². The van der Waals surface area contributed by atoms with Gasteiger partial charge in [0.2, 0.25) is 11.4 Å². The summed E-state index contributed by atoms with van der Waals surface area (Å²) in [6, 6.07) is 8.09. The second-order valence-corrected chi connectivity index (χ2v) is 8.88. The Bertz CT molecular complexity index is 1360. The fourth-order valence-corrected chi connectivity index (χ4v) is 3.96. The summed E-state index contributed by atoms with van der Waals surface area (Å²) in [5, 5.41) is 2.06. The van der Waals surface area contributed by atoms with E-state index in [1.54, 1.807) is 13.2 Å². The van der Waals surface area contributed by atoms with E-state index in [9.17, 15) is 21.6 Å². The van der Waals surface area contributed by atoms with Crippen molar-refractivity contribution in [3.05, 3.63) is 64.4 Å². The van der Waals surface area contributed by atoms with E-state index in [0.717, 1.165) is 57.5 Å². The fraction of sp³-hybridized carbons (Fsp3) is 0.261. The van der Waals surface area contributed by atoms with Crippen LogP contribution in [-0.2, 0) is 32.5 Å². The number of aromatic nitrogens is 1. The highest BCUT2D eigenvalue weighted by atomic mass is 32.2. The second kappa shape index (κ2) is 9.03. The van der Waals surface area contributed by atoms with Gasteiger partial charge in [-0.1, -0.05) is 25.3 Å². The summed E-state index contributed by atoms with van der Waals surface area (Å²) in [7, 11) is -1.07. The molecule has 2 aliphatic rings. The van der Waals surface area contributed by atoms with Gasteiger partial charge in [0.25, 0.3) is 0 Å². The molecule has 0 unspecified atom stereocenters. The standard InChI is InChI=1S/C21H20NO2.C2H3F3O3S/c1-5-18-20-13(2)15-11-10-14(23-4)12-17(15)22(3)21(20)16-8-6-7-9-19(16)24-18;1-8-9(6,7)2(3,4)5/h5-9,12H,1-2,10-11H2,3-4H3;1H3/q+1;. The van der Waals surface area contributed by atoms with Crippen LogP contribution in [0.4, 0.5) is 13.2 Å². The number of alkyl halides is 3. The predicted octanol–water partition coefficient (Wildman–Crippen LogP) is 2.69. The minimum absolute atomic E-state index is 0.447. The summed E-state index contributed by atoms with van der Waals surface area (Å²) in [5.74, 6) is 2.63. The molecular weight excluding hydrogens is 459 g/mol. The van der Waals surface area contributed by atoms with E-state index >= 15 is 0 Å². The van der Waals surface area contributed by atoms with Crippen LogP contribution in [0.2, 0.25) is 0 Å². The summed E-state index contributed by atoms with van der Waals surface area (Å²) < 4.78 is 69.6. The minimum atomic E-state index is -5.34. The van der Waals surface area contributed by atoms with E-state index in [-0.39, 0.29) is 0 Å². The molecule has 0 saturated heterocycles. The molecule has 6 nitrogen and oxygen atoms in total. The highest BCUT2D eigenvalue weighted by Gasteiger charge is 2.46. The molecule has 2 aromatic rings. The van der Waals surface area contributed by atoms with Gasteiger partial charge in [-0.15, -0.1) is 0 Å². The molecule has 0 bridgehead atoms. The fourth-order valence-electron chi connectivity index (χ4n) is 3.78. The Kier molecular flexibility index (Phi) is 6.71. The Labute approximate surface area is 189 Å². The van der Waals surface area contributed by atoms with Gasteiger partial charge in [-0.3, -0.25) is 4.18 Å². The van der Waals surface area contributed by atoms with Crippen LogP contribution in [0.3, 0.4) is 0 Å². The van der Waals surface area contributed by atoms with Crippen molar-refractivity contribution < 1.29 is 39.8 Å². The van der Waals surface area contributed by atoms with Crippen LogP contribution in [0.25, 0.3) is 29.7 Å². The normalized spacial score (nSPS) is 14.5. The molecule has 1 aliphatic heterocycles. The first-order chi connectivity index (χ1) is 15.5. The van der Waals surface area contributed by atoms with Crippen LogP contribution < -0.4 is 19.7 Å². The third-order valence-electron chi connectivity index (χ3n) is 5.39. The highest BCUT2D eigenvalue weighted by Crippen LogP contribution is 2.31. The zero-order chi connectivity index (χ0) is 24.6. The van der Waals surface area contributed by atoms with Gasteiger partial charge in [-0.05, 0) is 29.8 Å². The lowest BCUT2D eigenvalue weighted by atomic mass is 9.93. The number of methoxy groups -OCH3 is 1. The van der Waals surface area contributed by atoms with Gasteiger partial charge >= 0.3 is 15.6 Å². The Hall–Kier alpha value is -3.11. The molecule has 4 rings (SSSR count). The van der Waals surface area contributed by atoms with E-state index < -0.39 is 15.6 Å². The summed E-state index contributed by atoms with van der Waals surface area (Å²) in [4.78, 5) is 0. The molecule has 176 valence electrons. The molecule has 10 heteroatoms. The number of ether oxygens (including phenoxy) is 2. The molecule has 1 aromatic heterocycles. The maximum atomic E-state index is 11.1. The maximum absolute atomic E-state index is 11.1. The quantitative estimate of drug-likeness (QED) is 0.383. The van der Waals surface area contributed by atoms with Gasteiger partial charge in [0.15, 0.2) is 0 Å². The first-order valence-electron chi connectivity index (χ1n) is 9.76. The average molecular weight is 483 g/mol. The van der Waals surface area contributed by atoms with Crippen LogP contribution in [0, 0.1) is 0 Å². The van der Waals surface area contributed by atoms with E-state index in [2.05, 4.69) is 41.1 Å². The molecule has 0 spiro atoms. The van der Waals surface area contributed by atoms with Gasteiger partial charge < -0.3 is 9.47 Å². The zero-order valence-corrected chi connectivity index (χ0v) is 19.1. The van der Waals surface area contributed by atoms with E-state index in [4.69, 9.17) is 9.47 Å². The van der Waals surface area contributed by atoms with Crippen molar-refractivity contribution in [3.8, 4) is 17.0 Å². The molecular formula is C23H23F3NO5S+. The third-order valence-corrected chi connectivity index (χ3v) is 6.39. The Morgan fingerprint density at radius 1 is 1.18 bits per heavy atom. The molecule has 2 heterocycles. The number of rotatable bonds is 3. The van der Waals surface area contributed by atoms with Gasteiger partial charge in [0.1, 0.15) is 24.3 Å². The van der Waals surface area contributed by atoms with E-state index in [1.807, 2.05) is 18.2 Å². The van der Waals surface area contributed by atoms with Gasteiger partial charge in [-0.25, -0.2) is 0 Å². The Morgan fingerprint density at radius 2 is 1.85 bits per heavy atom. The van der Waals surface area contributed by atoms with E-state index in [1.165, 1.54) is 5.56 Å². The van der Waals surface area contributed by atoms with Crippen molar-refractivity contribution in [2.45, 2.75) is 18.3 Å². The highest BCUT2D eigenvalue weighted by molar-refractivity contribution is 7.87. The van der Waals surface area contributed by atoms with Crippen molar-refractivity contribution in [2.24, 2.45) is 7.05 Å². The molecule has 0 N–H and O–H groups in total. The SMILES string of the molecule is C=CC1=c2c([n+](C)c3c(c2=C)CCC(OC)=C3)-c2ccccc2O1.COS(=O)(=O)C(F)(F)F. The lowest BCUT2D eigenvalue weighted by Gasteiger charge is -2.21. The van der Waals surface area contributed by atoms with Crippen LogP contribution in [0.1, 0.15) is 17.7 Å². The van der Waals surface area contributed by atoms with Crippen LogP contribution in [-0.4, -0.2) is 28.1 Å². The monoisotopic (exact) mass is 482 g/mol. The number of benzene rings is 1. The summed E-state index contributed by atoms with van der Waals surface area (Å²) in [6.07, 6.45) is 5.71. The first-order valence-corrected chi connectivity index (χ1v) is 11.2. The zero-order valence-electron chi connectivity index (χ0n) is 18.3. The number of hydrogen-bond donors (Lipinski definition) is 0. The molecule has 1 aliphatic carbocycles. The molecule has 0 fully saturated rings. The maximum Gasteiger partial charge on any atom is 0.523 e. The van der Waals surface area contributed by atoms with Crippen LogP contribution in [0.15, 0.2) is 42.7 Å².